The lowest BCUT2D eigenvalue weighted by Crippen LogP contribution is -2.46. The minimum absolute atomic E-state index is 0.00382. The van der Waals surface area contributed by atoms with E-state index in [1.165, 1.54) is 5.69 Å². The zero-order chi connectivity index (χ0) is 25.2. The first-order chi connectivity index (χ1) is 17.5. The van der Waals surface area contributed by atoms with E-state index >= 15 is 0 Å². The molecule has 1 N–H and O–H groups in total. The van der Waals surface area contributed by atoms with Crippen LogP contribution in [0.2, 0.25) is 0 Å². The van der Waals surface area contributed by atoms with Crippen molar-refractivity contribution in [3.05, 3.63) is 63.9 Å². The Labute approximate surface area is 216 Å². The summed E-state index contributed by atoms with van der Waals surface area (Å²) < 4.78 is 1.84. The van der Waals surface area contributed by atoms with Crippen LogP contribution in [-0.2, 0) is 0 Å². The van der Waals surface area contributed by atoms with Crippen LogP contribution in [0.15, 0.2) is 52.6 Å². The van der Waals surface area contributed by atoms with Crippen LogP contribution in [0.1, 0.15) is 38.9 Å². The van der Waals surface area contributed by atoms with Crippen molar-refractivity contribution in [3.8, 4) is 10.4 Å². The van der Waals surface area contributed by atoms with Gasteiger partial charge in [-0.3, -0.25) is 9.36 Å². The second-order valence-electron chi connectivity index (χ2n) is 9.43. The number of nitrogens with one attached hydrogen (secondary N) is 1. The molecule has 36 heavy (non-hydrogen) atoms. The van der Waals surface area contributed by atoms with E-state index in [2.05, 4.69) is 60.2 Å². The molecule has 4 aromatic rings. The number of nitrogens with zero attached hydrogens (tertiary/aromatic N) is 5. The summed E-state index contributed by atoms with van der Waals surface area (Å²) in [4.78, 5) is 29.1. The predicted octanol–water partition coefficient (Wildman–Crippen LogP) is 5.68. The molecule has 0 radical (unpaired) electrons. The number of aryl methyl sites for hydroxylation is 1. The van der Waals surface area contributed by atoms with Gasteiger partial charge in [-0.15, -0.1) is 11.3 Å². The number of thiophene rings is 1. The molecule has 0 bridgehead atoms. The van der Waals surface area contributed by atoms with Crippen molar-refractivity contribution in [2.45, 2.75) is 40.2 Å². The van der Waals surface area contributed by atoms with E-state index in [-0.39, 0.29) is 11.6 Å². The van der Waals surface area contributed by atoms with Crippen molar-refractivity contribution < 1.29 is 0 Å². The Morgan fingerprint density at radius 1 is 1.06 bits per heavy atom. The van der Waals surface area contributed by atoms with Crippen LogP contribution in [0.4, 0.5) is 17.3 Å². The Morgan fingerprint density at radius 3 is 2.44 bits per heavy atom. The molecule has 1 unspecified atom stereocenters. The summed E-state index contributed by atoms with van der Waals surface area (Å²) in [7, 11) is 0. The molecule has 8 heteroatoms. The fourth-order valence-electron chi connectivity index (χ4n) is 4.81. The van der Waals surface area contributed by atoms with Gasteiger partial charge >= 0.3 is 0 Å². The molecule has 1 aromatic carbocycles. The highest BCUT2D eigenvalue weighted by atomic mass is 32.1. The van der Waals surface area contributed by atoms with E-state index in [9.17, 15) is 4.79 Å². The molecule has 1 atom stereocenters. The molecule has 5 rings (SSSR count). The number of hydrogen-bond acceptors (Lipinski definition) is 7. The van der Waals surface area contributed by atoms with E-state index in [1.807, 2.05) is 35.1 Å². The van der Waals surface area contributed by atoms with Gasteiger partial charge in [0.1, 0.15) is 5.65 Å². The monoisotopic (exact) mass is 502 g/mol. The molecule has 0 spiro atoms. The molecule has 1 saturated heterocycles. The summed E-state index contributed by atoms with van der Waals surface area (Å²) in [5.41, 5.74) is 4.39. The fraction of sp³-hybridized carbons (Fsp3) is 0.393. The third kappa shape index (κ3) is 4.75. The number of pyridine rings is 1. The average Bonchev–Trinajstić information content (AvgIpc) is 3.43. The lowest BCUT2D eigenvalue weighted by atomic mass is 10.1. The Balaban J connectivity index is 1.47. The van der Waals surface area contributed by atoms with Crippen LogP contribution < -0.4 is 15.8 Å². The van der Waals surface area contributed by atoms with Crippen molar-refractivity contribution in [2.75, 3.05) is 42.9 Å². The third-order valence-electron chi connectivity index (χ3n) is 7.21. The summed E-state index contributed by atoms with van der Waals surface area (Å²) in [6.45, 7) is 13.8. The maximum atomic E-state index is 13.6. The van der Waals surface area contributed by atoms with E-state index in [0.717, 1.165) is 60.8 Å². The first-order valence-electron chi connectivity index (χ1n) is 12.8. The van der Waals surface area contributed by atoms with Gasteiger partial charge in [0.2, 0.25) is 5.95 Å². The quantitative estimate of drug-likeness (QED) is 0.350. The van der Waals surface area contributed by atoms with Gasteiger partial charge < -0.3 is 15.1 Å². The number of hydrogen-bond donors (Lipinski definition) is 1. The number of anilines is 3. The summed E-state index contributed by atoms with van der Waals surface area (Å²) in [6, 6.07) is 14.4. The Bertz CT molecular complexity index is 1390. The summed E-state index contributed by atoms with van der Waals surface area (Å²) in [5.74, 6) is 0.504. The predicted molar refractivity (Wildman–Crippen MR) is 151 cm³/mol. The number of rotatable bonds is 7. The molecule has 4 heterocycles. The standard InChI is InChI=1S/C28H34N6OS/c1-5-19(3)34-26-23(18-24(27(34)35)25-8-7-17-36-25)20(4)29-28(31-26)30-21-9-11-22(12-10-21)33-15-13-32(6-2)14-16-33/h7-12,17-19H,5-6,13-16H2,1-4H3,(H,29,30,31). The van der Waals surface area contributed by atoms with Gasteiger partial charge in [0.05, 0.1) is 11.3 Å². The topological polar surface area (TPSA) is 66.3 Å². The average molecular weight is 503 g/mol. The Morgan fingerprint density at radius 2 is 1.81 bits per heavy atom. The van der Waals surface area contributed by atoms with E-state index < -0.39 is 0 Å². The van der Waals surface area contributed by atoms with Crippen LogP contribution >= 0.6 is 11.3 Å². The second kappa shape index (κ2) is 10.4. The second-order valence-corrected chi connectivity index (χ2v) is 10.4. The zero-order valence-electron chi connectivity index (χ0n) is 21.5. The van der Waals surface area contributed by atoms with Crippen LogP contribution in [0, 0.1) is 6.92 Å². The molecule has 0 amide bonds. The summed E-state index contributed by atoms with van der Waals surface area (Å²) >= 11 is 1.58. The molecule has 1 aliphatic heterocycles. The number of fused-ring (bicyclic) bond motifs is 1. The molecule has 0 saturated carbocycles. The normalized spacial score (nSPS) is 15.4. The Hall–Kier alpha value is -3.23. The lowest BCUT2D eigenvalue weighted by molar-refractivity contribution is 0.271. The highest BCUT2D eigenvalue weighted by Crippen LogP contribution is 2.29. The molecule has 1 aliphatic rings. The smallest absolute Gasteiger partial charge is 0.261 e. The van der Waals surface area contributed by atoms with Crippen molar-refractivity contribution in [3.63, 3.8) is 0 Å². The molecular formula is C28H34N6OS. The van der Waals surface area contributed by atoms with Gasteiger partial charge in [0.15, 0.2) is 0 Å². The van der Waals surface area contributed by atoms with Gasteiger partial charge in [-0.25, -0.2) is 4.98 Å². The maximum Gasteiger partial charge on any atom is 0.261 e. The van der Waals surface area contributed by atoms with E-state index in [0.29, 0.717) is 17.2 Å². The van der Waals surface area contributed by atoms with Crippen LogP contribution in [-0.4, -0.2) is 52.2 Å². The molecule has 3 aromatic heterocycles. The van der Waals surface area contributed by atoms with Crippen molar-refractivity contribution in [2.24, 2.45) is 0 Å². The summed E-state index contributed by atoms with van der Waals surface area (Å²) in [5, 5.41) is 6.27. The van der Waals surface area contributed by atoms with Gasteiger partial charge in [-0.2, -0.15) is 4.98 Å². The first-order valence-corrected chi connectivity index (χ1v) is 13.7. The van der Waals surface area contributed by atoms with E-state index in [4.69, 9.17) is 9.97 Å². The molecule has 7 nitrogen and oxygen atoms in total. The number of likely N-dealkylation sites (N-methyl/N-ethyl adjacent to an activating group) is 1. The molecule has 188 valence electrons. The zero-order valence-corrected chi connectivity index (χ0v) is 22.3. The van der Waals surface area contributed by atoms with Crippen molar-refractivity contribution in [1.82, 2.24) is 19.4 Å². The van der Waals surface area contributed by atoms with Gasteiger partial charge in [-0.1, -0.05) is 19.9 Å². The number of aromatic nitrogens is 3. The highest BCUT2D eigenvalue weighted by Gasteiger charge is 2.19. The molecule has 1 fully saturated rings. The number of piperazine rings is 1. The van der Waals surface area contributed by atoms with Crippen molar-refractivity contribution >= 4 is 39.7 Å². The third-order valence-corrected chi connectivity index (χ3v) is 8.11. The Kier molecular flexibility index (Phi) is 7.07. The molecular weight excluding hydrogens is 468 g/mol. The largest absolute Gasteiger partial charge is 0.369 e. The maximum absolute atomic E-state index is 13.6. The van der Waals surface area contributed by atoms with Gasteiger partial charge in [0.25, 0.3) is 5.56 Å². The minimum Gasteiger partial charge on any atom is -0.369 e. The lowest BCUT2D eigenvalue weighted by Gasteiger charge is -2.35. The summed E-state index contributed by atoms with van der Waals surface area (Å²) in [6.07, 6.45) is 0.836. The van der Waals surface area contributed by atoms with Gasteiger partial charge in [0, 0.05) is 53.9 Å². The minimum atomic E-state index is -0.00382. The molecule has 0 aliphatic carbocycles. The SMILES string of the molecule is CCC(C)n1c(=O)c(-c2cccs2)cc2c(C)nc(Nc3ccc(N4CCN(CC)CC4)cc3)nc21. The first kappa shape index (κ1) is 24.5. The van der Waals surface area contributed by atoms with Crippen molar-refractivity contribution in [1.29, 1.82) is 0 Å². The fourth-order valence-corrected chi connectivity index (χ4v) is 5.55. The van der Waals surface area contributed by atoms with E-state index in [1.54, 1.807) is 11.3 Å². The van der Waals surface area contributed by atoms with Crippen LogP contribution in [0.25, 0.3) is 21.5 Å². The van der Waals surface area contributed by atoms with Crippen LogP contribution in [0.5, 0.6) is 0 Å². The van der Waals surface area contributed by atoms with Crippen LogP contribution in [0.3, 0.4) is 0 Å². The van der Waals surface area contributed by atoms with Gasteiger partial charge in [-0.05, 0) is 68.6 Å². The highest BCUT2D eigenvalue weighted by molar-refractivity contribution is 7.13. The number of benzene rings is 1.